The second-order valence-corrected chi connectivity index (χ2v) is 3.70. The number of hydrogen-bond donors (Lipinski definition) is 1. The first-order valence-corrected chi connectivity index (χ1v) is 5.31. The molecule has 1 fully saturated rings. The topological polar surface area (TPSA) is 106 Å². The largest absolute Gasteiger partial charge is 0.477 e. The van der Waals surface area contributed by atoms with Crippen molar-refractivity contribution >= 4 is 17.5 Å². The molecule has 2 rings (SSSR count). The van der Waals surface area contributed by atoms with Crippen LogP contribution in [-0.4, -0.2) is 47.3 Å². The van der Waals surface area contributed by atoms with Gasteiger partial charge in [0.05, 0.1) is 18.1 Å². The van der Waals surface area contributed by atoms with Crippen LogP contribution in [0.15, 0.2) is 12.1 Å². The third-order valence-corrected chi connectivity index (χ3v) is 2.58. The van der Waals surface area contributed by atoms with Crippen LogP contribution >= 0.6 is 0 Å². The van der Waals surface area contributed by atoms with E-state index >= 15 is 0 Å². The Kier molecular flexibility index (Phi) is 3.38. The molecule has 0 aliphatic carbocycles. The Morgan fingerprint density at radius 3 is 2.67 bits per heavy atom. The molecular formula is C10H11N3O5. The summed E-state index contributed by atoms with van der Waals surface area (Å²) in [5.74, 6) is -1.12. The first-order valence-electron chi connectivity index (χ1n) is 5.31. The van der Waals surface area contributed by atoms with E-state index in [1.54, 1.807) is 4.90 Å². The molecule has 1 N–H and O–H groups in total. The maximum Gasteiger partial charge on any atom is 0.354 e. The highest BCUT2D eigenvalue weighted by atomic mass is 16.6. The van der Waals surface area contributed by atoms with Crippen molar-refractivity contribution in [2.75, 3.05) is 31.2 Å². The molecule has 0 aromatic carbocycles. The Morgan fingerprint density at radius 1 is 1.44 bits per heavy atom. The number of nitro groups is 1. The average Bonchev–Trinajstić information content (AvgIpc) is 2.39. The second-order valence-electron chi connectivity index (χ2n) is 3.70. The number of hydrogen-bond acceptors (Lipinski definition) is 6. The number of pyridine rings is 1. The van der Waals surface area contributed by atoms with Crippen LogP contribution in [0, 0.1) is 10.1 Å². The molecule has 8 nitrogen and oxygen atoms in total. The molecular weight excluding hydrogens is 242 g/mol. The minimum Gasteiger partial charge on any atom is -0.477 e. The van der Waals surface area contributed by atoms with E-state index in [9.17, 15) is 14.9 Å². The summed E-state index contributed by atoms with van der Waals surface area (Å²) in [6.07, 6.45) is 0. The minimum absolute atomic E-state index is 0.0863. The van der Waals surface area contributed by atoms with Crippen molar-refractivity contribution in [3.05, 3.63) is 27.9 Å². The minimum atomic E-state index is -1.21. The zero-order chi connectivity index (χ0) is 13.1. The molecule has 0 bridgehead atoms. The van der Waals surface area contributed by atoms with Crippen molar-refractivity contribution in [2.24, 2.45) is 0 Å². The van der Waals surface area contributed by atoms with Gasteiger partial charge in [-0.25, -0.2) is 9.78 Å². The van der Waals surface area contributed by atoms with Gasteiger partial charge in [0.2, 0.25) is 5.82 Å². The number of carbonyl (C=O) groups is 1. The summed E-state index contributed by atoms with van der Waals surface area (Å²) in [6, 6.07) is 2.30. The smallest absolute Gasteiger partial charge is 0.354 e. The third kappa shape index (κ3) is 2.38. The first-order chi connectivity index (χ1) is 8.59. The van der Waals surface area contributed by atoms with Crippen LogP contribution in [0.1, 0.15) is 10.5 Å². The SMILES string of the molecule is O=C(O)c1ccc([N+](=O)[O-])c(N2CCOCC2)n1. The Balaban J connectivity index is 2.42. The number of aromatic nitrogens is 1. The third-order valence-electron chi connectivity index (χ3n) is 2.58. The molecule has 18 heavy (non-hydrogen) atoms. The summed E-state index contributed by atoms with van der Waals surface area (Å²) in [5, 5.41) is 19.8. The summed E-state index contributed by atoms with van der Waals surface area (Å²) in [7, 11) is 0. The Labute approximate surface area is 102 Å². The fourth-order valence-corrected chi connectivity index (χ4v) is 1.71. The first kappa shape index (κ1) is 12.2. The van der Waals surface area contributed by atoms with E-state index in [2.05, 4.69) is 4.98 Å². The van der Waals surface area contributed by atoms with Crippen LogP contribution in [-0.2, 0) is 4.74 Å². The molecule has 0 saturated carbocycles. The predicted octanol–water partition coefficient (Wildman–Crippen LogP) is 0.525. The van der Waals surface area contributed by atoms with Crippen LogP contribution in [0.2, 0.25) is 0 Å². The van der Waals surface area contributed by atoms with Crippen molar-refractivity contribution in [1.29, 1.82) is 0 Å². The number of nitrogens with zero attached hydrogens (tertiary/aromatic N) is 3. The van der Waals surface area contributed by atoms with E-state index in [1.165, 1.54) is 6.07 Å². The van der Waals surface area contributed by atoms with Crippen molar-refractivity contribution < 1.29 is 19.6 Å². The van der Waals surface area contributed by atoms with Crippen LogP contribution < -0.4 is 4.90 Å². The fourth-order valence-electron chi connectivity index (χ4n) is 1.71. The maximum absolute atomic E-state index is 10.9. The highest BCUT2D eigenvalue weighted by Gasteiger charge is 2.24. The maximum atomic E-state index is 10.9. The molecule has 1 aliphatic rings. The summed E-state index contributed by atoms with van der Waals surface area (Å²) in [4.78, 5) is 26.7. The number of carboxylic acids is 1. The number of morpholine rings is 1. The second kappa shape index (κ2) is 4.96. The van der Waals surface area contributed by atoms with Crippen LogP contribution in [0.4, 0.5) is 11.5 Å². The van der Waals surface area contributed by atoms with Gasteiger partial charge in [-0.15, -0.1) is 0 Å². The van der Waals surface area contributed by atoms with Crippen molar-refractivity contribution in [3.8, 4) is 0 Å². The lowest BCUT2D eigenvalue weighted by atomic mass is 10.3. The molecule has 1 saturated heterocycles. The van der Waals surface area contributed by atoms with Gasteiger partial charge in [-0.05, 0) is 6.07 Å². The Hall–Kier alpha value is -2.22. The van der Waals surface area contributed by atoms with E-state index in [4.69, 9.17) is 9.84 Å². The van der Waals surface area contributed by atoms with Gasteiger partial charge in [0.1, 0.15) is 0 Å². The van der Waals surface area contributed by atoms with Gasteiger partial charge in [-0.3, -0.25) is 10.1 Å². The highest BCUT2D eigenvalue weighted by Crippen LogP contribution is 2.26. The number of ether oxygens (including phenoxy) is 1. The van der Waals surface area contributed by atoms with E-state index in [1.807, 2.05) is 0 Å². The highest BCUT2D eigenvalue weighted by molar-refractivity contribution is 5.86. The van der Waals surface area contributed by atoms with E-state index < -0.39 is 10.9 Å². The van der Waals surface area contributed by atoms with Crippen molar-refractivity contribution in [2.45, 2.75) is 0 Å². The van der Waals surface area contributed by atoms with Gasteiger partial charge < -0.3 is 14.7 Å². The molecule has 1 aromatic rings. The van der Waals surface area contributed by atoms with Crippen molar-refractivity contribution in [1.82, 2.24) is 4.98 Å². The van der Waals surface area contributed by atoms with Crippen LogP contribution in [0.25, 0.3) is 0 Å². The lowest BCUT2D eigenvalue weighted by Crippen LogP contribution is -2.37. The quantitative estimate of drug-likeness (QED) is 0.618. The molecule has 0 radical (unpaired) electrons. The normalized spacial score (nSPS) is 15.4. The molecule has 1 aromatic heterocycles. The molecule has 0 spiro atoms. The summed E-state index contributed by atoms with van der Waals surface area (Å²) < 4.78 is 5.14. The van der Waals surface area contributed by atoms with E-state index in [0.717, 1.165) is 6.07 Å². The van der Waals surface area contributed by atoms with Gasteiger partial charge in [-0.1, -0.05) is 0 Å². The summed E-state index contributed by atoms with van der Waals surface area (Å²) >= 11 is 0. The zero-order valence-electron chi connectivity index (χ0n) is 9.40. The van der Waals surface area contributed by atoms with E-state index in [-0.39, 0.29) is 17.2 Å². The summed E-state index contributed by atoms with van der Waals surface area (Å²) in [5.41, 5.74) is -0.399. The van der Waals surface area contributed by atoms with Gasteiger partial charge in [0.15, 0.2) is 5.69 Å². The molecule has 2 heterocycles. The fraction of sp³-hybridized carbons (Fsp3) is 0.400. The molecule has 0 amide bonds. The molecule has 8 heteroatoms. The van der Waals surface area contributed by atoms with Gasteiger partial charge in [0.25, 0.3) is 0 Å². The molecule has 1 aliphatic heterocycles. The zero-order valence-corrected chi connectivity index (χ0v) is 9.40. The summed E-state index contributed by atoms with van der Waals surface area (Å²) in [6.45, 7) is 1.79. The average molecular weight is 253 g/mol. The van der Waals surface area contributed by atoms with E-state index in [0.29, 0.717) is 26.3 Å². The standard InChI is InChI=1S/C10H11N3O5/c14-10(15)7-1-2-8(13(16)17)9(11-7)12-3-5-18-6-4-12/h1-2H,3-6H2,(H,14,15). The predicted molar refractivity (Wildman–Crippen MR) is 60.9 cm³/mol. The van der Waals surface area contributed by atoms with Gasteiger partial charge in [-0.2, -0.15) is 0 Å². The van der Waals surface area contributed by atoms with Crippen LogP contribution in [0.5, 0.6) is 0 Å². The molecule has 96 valence electrons. The number of rotatable bonds is 3. The lowest BCUT2D eigenvalue weighted by Gasteiger charge is -2.27. The molecule has 0 unspecified atom stereocenters. The lowest BCUT2D eigenvalue weighted by molar-refractivity contribution is -0.384. The van der Waals surface area contributed by atoms with Gasteiger partial charge >= 0.3 is 11.7 Å². The Bertz CT molecular complexity index is 484. The monoisotopic (exact) mass is 253 g/mol. The number of aromatic carboxylic acids is 1. The van der Waals surface area contributed by atoms with Gasteiger partial charge in [0, 0.05) is 19.2 Å². The van der Waals surface area contributed by atoms with Crippen LogP contribution in [0.3, 0.4) is 0 Å². The Morgan fingerprint density at radius 2 is 2.11 bits per heavy atom. The molecule has 0 atom stereocenters. The number of anilines is 1. The van der Waals surface area contributed by atoms with Crippen molar-refractivity contribution in [3.63, 3.8) is 0 Å². The number of carboxylic acid groups (broad SMARTS) is 1.